The number of hydrogen-bond acceptors (Lipinski definition) is 3. The van der Waals surface area contributed by atoms with Crippen LogP contribution in [0.4, 0.5) is 5.69 Å². The third-order valence-electron chi connectivity index (χ3n) is 3.39. The minimum Gasteiger partial charge on any atom is -0.385 e. The number of thiophene rings is 1. The molecule has 0 saturated heterocycles. The SMILES string of the molecule is CCNc1ccc(C)cc1C(=O)NC(CC)c1cccs1. The minimum absolute atomic E-state index is 0.0186. The molecule has 1 unspecified atom stereocenters. The maximum Gasteiger partial charge on any atom is 0.253 e. The number of nitrogens with one attached hydrogen (secondary N) is 2. The molecule has 2 rings (SSSR count). The maximum atomic E-state index is 12.6. The van der Waals surface area contributed by atoms with Crippen LogP contribution in [0.25, 0.3) is 0 Å². The predicted octanol–water partition coefficient (Wildman–Crippen LogP) is 4.37. The molecule has 1 amide bonds. The summed E-state index contributed by atoms with van der Waals surface area (Å²) in [5.74, 6) is -0.0186. The Labute approximate surface area is 130 Å². The normalized spacial score (nSPS) is 12.0. The molecule has 1 heterocycles. The summed E-state index contributed by atoms with van der Waals surface area (Å²) in [6, 6.07) is 10.1. The molecular formula is C17H22N2OS. The molecule has 4 heteroatoms. The zero-order valence-corrected chi connectivity index (χ0v) is 13.6. The van der Waals surface area contributed by atoms with E-state index in [0.717, 1.165) is 24.2 Å². The Kier molecular flexibility index (Phi) is 5.39. The molecule has 0 radical (unpaired) electrons. The predicted molar refractivity (Wildman–Crippen MR) is 90.2 cm³/mol. The van der Waals surface area contributed by atoms with Gasteiger partial charge in [0, 0.05) is 17.1 Å². The van der Waals surface area contributed by atoms with Crippen molar-refractivity contribution < 1.29 is 4.79 Å². The summed E-state index contributed by atoms with van der Waals surface area (Å²) < 4.78 is 0. The minimum atomic E-state index is -0.0186. The molecule has 0 bridgehead atoms. The summed E-state index contributed by atoms with van der Waals surface area (Å²) in [5, 5.41) is 8.44. The lowest BCUT2D eigenvalue weighted by Crippen LogP contribution is -2.28. The highest BCUT2D eigenvalue weighted by Crippen LogP contribution is 2.24. The Morgan fingerprint density at radius 3 is 2.71 bits per heavy atom. The van der Waals surface area contributed by atoms with Crippen LogP contribution in [-0.4, -0.2) is 12.5 Å². The average Bonchev–Trinajstić information content (AvgIpc) is 3.00. The lowest BCUT2D eigenvalue weighted by molar-refractivity contribution is 0.0937. The molecule has 2 N–H and O–H groups in total. The first kappa shape index (κ1) is 15.6. The fraction of sp³-hybridized carbons (Fsp3) is 0.353. The molecule has 0 saturated carbocycles. The van der Waals surface area contributed by atoms with Crippen molar-refractivity contribution in [2.45, 2.75) is 33.2 Å². The number of benzene rings is 1. The van der Waals surface area contributed by atoms with Gasteiger partial charge in [-0.05, 0) is 43.8 Å². The second-order valence-corrected chi connectivity index (χ2v) is 6.01. The first-order valence-electron chi connectivity index (χ1n) is 7.34. The van der Waals surface area contributed by atoms with Crippen molar-refractivity contribution in [2.75, 3.05) is 11.9 Å². The van der Waals surface area contributed by atoms with E-state index in [0.29, 0.717) is 5.56 Å². The van der Waals surface area contributed by atoms with Crippen molar-refractivity contribution in [3.05, 3.63) is 51.7 Å². The van der Waals surface area contributed by atoms with Crippen molar-refractivity contribution in [1.29, 1.82) is 0 Å². The number of aryl methyl sites for hydroxylation is 1. The van der Waals surface area contributed by atoms with Crippen molar-refractivity contribution in [3.63, 3.8) is 0 Å². The van der Waals surface area contributed by atoms with E-state index in [-0.39, 0.29) is 11.9 Å². The molecule has 2 aromatic rings. The second-order valence-electron chi connectivity index (χ2n) is 5.03. The quantitative estimate of drug-likeness (QED) is 0.832. The topological polar surface area (TPSA) is 41.1 Å². The summed E-state index contributed by atoms with van der Waals surface area (Å²) >= 11 is 1.68. The van der Waals surface area contributed by atoms with Gasteiger partial charge in [-0.1, -0.05) is 24.6 Å². The molecule has 1 atom stereocenters. The van der Waals surface area contributed by atoms with Crippen molar-refractivity contribution in [3.8, 4) is 0 Å². The third-order valence-corrected chi connectivity index (χ3v) is 4.37. The Balaban J connectivity index is 2.21. The molecule has 1 aromatic carbocycles. The van der Waals surface area contributed by atoms with Crippen molar-refractivity contribution in [1.82, 2.24) is 5.32 Å². The van der Waals surface area contributed by atoms with Gasteiger partial charge >= 0.3 is 0 Å². The highest BCUT2D eigenvalue weighted by molar-refractivity contribution is 7.10. The van der Waals surface area contributed by atoms with Gasteiger partial charge in [-0.2, -0.15) is 0 Å². The zero-order valence-electron chi connectivity index (χ0n) is 12.8. The molecular weight excluding hydrogens is 280 g/mol. The first-order chi connectivity index (χ1) is 10.2. The monoisotopic (exact) mass is 302 g/mol. The lowest BCUT2D eigenvalue weighted by atomic mass is 10.1. The van der Waals surface area contributed by atoms with Crippen LogP contribution in [0.1, 0.15) is 47.1 Å². The Morgan fingerprint density at radius 1 is 1.29 bits per heavy atom. The second kappa shape index (κ2) is 7.27. The van der Waals surface area contributed by atoms with Crippen LogP contribution < -0.4 is 10.6 Å². The van der Waals surface area contributed by atoms with Crippen LogP contribution in [0.5, 0.6) is 0 Å². The molecule has 21 heavy (non-hydrogen) atoms. The Bertz CT molecular complexity index is 593. The number of rotatable bonds is 6. The summed E-state index contributed by atoms with van der Waals surface area (Å²) in [5.41, 5.74) is 2.69. The van der Waals surface area contributed by atoms with Gasteiger partial charge in [0.25, 0.3) is 5.91 Å². The van der Waals surface area contributed by atoms with Gasteiger partial charge in [-0.3, -0.25) is 4.79 Å². The van der Waals surface area contributed by atoms with E-state index in [1.54, 1.807) is 11.3 Å². The fourth-order valence-electron chi connectivity index (χ4n) is 2.29. The number of amides is 1. The van der Waals surface area contributed by atoms with Gasteiger partial charge in [-0.15, -0.1) is 11.3 Å². The van der Waals surface area contributed by atoms with E-state index >= 15 is 0 Å². The van der Waals surface area contributed by atoms with E-state index in [4.69, 9.17) is 0 Å². The number of carbonyl (C=O) groups is 1. The number of carbonyl (C=O) groups excluding carboxylic acids is 1. The fourth-order valence-corrected chi connectivity index (χ4v) is 3.15. The van der Waals surface area contributed by atoms with Crippen molar-refractivity contribution in [2.24, 2.45) is 0 Å². The number of hydrogen-bond donors (Lipinski definition) is 2. The molecule has 1 aromatic heterocycles. The summed E-state index contributed by atoms with van der Waals surface area (Å²) in [7, 11) is 0. The van der Waals surface area contributed by atoms with E-state index in [9.17, 15) is 4.79 Å². The zero-order chi connectivity index (χ0) is 15.2. The molecule has 0 aliphatic rings. The van der Waals surface area contributed by atoms with Crippen LogP contribution in [0.3, 0.4) is 0 Å². The van der Waals surface area contributed by atoms with Crippen LogP contribution >= 0.6 is 11.3 Å². The first-order valence-corrected chi connectivity index (χ1v) is 8.22. The van der Waals surface area contributed by atoms with Gasteiger partial charge in [0.1, 0.15) is 0 Å². The maximum absolute atomic E-state index is 12.6. The Hall–Kier alpha value is -1.81. The third kappa shape index (κ3) is 3.85. The largest absolute Gasteiger partial charge is 0.385 e. The molecule has 0 aliphatic heterocycles. The highest BCUT2D eigenvalue weighted by Gasteiger charge is 2.17. The molecule has 3 nitrogen and oxygen atoms in total. The summed E-state index contributed by atoms with van der Waals surface area (Å²) in [6.07, 6.45) is 0.884. The molecule has 0 spiro atoms. The van der Waals surface area contributed by atoms with Crippen molar-refractivity contribution >= 4 is 22.9 Å². The van der Waals surface area contributed by atoms with Gasteiger partial charge in [-0.25, -0.2) is 0 Å². The standard InChI is InChI=1S/C17H22N2OS/c1-4-14(16-7-6-10-21-16)19-17(20)13-11-12(3)8-9-15(13)18-5-2/h6-11,14,18H,4-5H2,1-3H3,(H,19,20). The van der Waals surface area contributed by atoms with E-state index in [1.165, 1.54) is 4.88 Å². The Morgan fingerprint density at radius 2 is 2.10 bits per heavy atom. The van der Waals surface area contributed by atoms with Gasteiger partial charge in [0.05, 0.1) is 11.6 Å². The van der Waals surface area contributed by atoms with E-state index in [2.05, 4.69) is 23.6 Å². The van der Waals surface area contributed by atoms with E-state index < -0.39 is 0 Å². The molecule has 0 aliphatic carbocycles. The summed E-state index contributed by atoms with van der Waals surface area (Å²) in [6.45, 7) is 6.92. The smallest absolute Gasteiger partial charge is 0.253 e. The number of anilines is 1. The van der Waals surface area contributed by atoms with Crippen LogP contribution in [0.2, 0.25) is 0 Å². The lowest BCUT2D eigenvalue weighted by Gasteiger charge is -2.18. The van der Waals surface area contributed by atoms with Gasteiger partial charge < -0.3 is 10.6 Å². The van der Waals surface area contributed by atoms with E-state index in [1.807, 2.05) is 43.5 Å². The van der Waals surface area contributed by atoms with Crippen LogP contribution in [0, 0.1) is 6.92 Å². The van der Waals surface area contributed by atoms with Crippen LogP contribution in [-0.2, 0) is 0 Å². The molecule has 112 valence electrons. The average molecular weight is 302 g/mol. The highest BCUT2D eigenvalue weighted by atomic mass is 32.1. The summed E-state index contributed by atoms with van der Waals surface area (Å²) in [4.78, 5) is 13.8. The van der Waals surface area contributed by atoms with Crippen LogP contribution in [0.15, 0.2) is 35.7 Å². The molecule has 0 fully saturated rings. The van der Waals surface area contributed by atoms with Gasteiger partial charge in [0.2, 0.25) is 0 Å². The van der Waals surface area contributed by atoms with Gasteiger partial charge in [0.15, 0.2) is 0 Å².